The summed E-state index contributed by atoms with van der Waals surface area (Å²) in [5.41, 5.74) is 5.97. The molecule has 0 atom stereocenters. The van der Waals surface area contributed by atoms with E-state index in [0.717, 1.165) is 0 Å². The highest BCUT2D eigenvalue weighted by atomic mass is 19.4. The number of hydrogen-bond donors (Lipinski definition) is 4. The molecule has 3 heterocycles. The number of anilines is 3. The standard InChI is InChI=1S/C22H17F4N7O/c1-29-14-4-6-30-20(28)18(14)19(27)11-5-7-33-16(10-31-17(33)8-11)21(34)32-15-9-12(22(24,25)26)2-3-13(15)23/h2-10,27H,1H3,(H,32,34)(H3,28,29,30). The second-order valence-corrected chi connectivity index (χ2v) is 7.18. The van der Waals surface area contributed by atoms with Crippen LogP contribution in [0.25, 0.3) is 5.65 Å². The molecular weight excluding hydrogens is 454 g/mol. The molecule has 0 unspecified atom stereocenters. The molecule has 0 bridgehead atoms. The summed E-state index contributed by atoms with van der Waals surface area (Å²) in [6, 6.07) is 6.50. The van der Waals surface area contributed by atoms with Crippen molar-refractivity contribution in [3.63, 3.8) is 0 Å². The highest BCUT2D eigenvalue weighted by molar-refractivity contribution is 6.17. The largest absolute Gasteiger partial charge is 0.416 e. The van der Waals surface area contributed by atoms with Crippen LogP contribution in [0.4, 0.5) is 34.8 Å². The summed E-state index contributed by atoms with van der Waals surface area (Å²) < 4.78 is 54.2. The minimum absolute atomic E-state index is 0.0401. The summed E-state index contributed by atoms with van der Waals surface area (Å²) in [5, 5.41) is 13.7. The van der Waals surface area contributed by atoms with E-state index >= 15 is 0 Å². The van der Waals surface area contributed by atoms with Crippen LogP contribution in [0.3, 0.4) is 0 Å². The van der Waals surface area contributed by atoms with Gasteiger partial charge in [0.05, 0.1) is 28.7 Å². The van der Waals surface area contributed by atoms with Crippen LogP contribution in [0, 0.1) is 11.2 Å². The molecule has 34 heavy (non-hydrogen) atoms. The predicted octanol–water partition coefficient (Wildman–Crippen LogP) is 4.18. The number of halogens is 4. The van der Waals surface area contributed by atoms with Crippen LogP contribution < -0.4 is 16.4 Å². The molecule has 4 rings (SSSR count). The Morgan fingerprint density at radius 1 is 1.12 bits per heavy atom. The lowest BCUT2D eigenvalue weighted by Gasteiger charge is -2.13. The summed E-state index contributed by atoms with van der Waals surface area (Å²) in [6.45, 7) is 0. The van der Waals surface area contributed by atoms with Crippen molar-refractivity contribution in [1.82, 2.24) is 14.4 Å². The zero-order valence-corrected chi connectivity index (χ0v) is 17.5. The third kappa shape index (κ3) is 4.12. The SMILES string of the molecule is CNc1ccnc(N)c1C(=N)c1ccn2c(C(=O)Nc3cc(C(F)(F)F)ccc3F)cnc2c1. The summed E-state index contributed by atoms with van der Waals surface area (Å²) in [4.78, 5) is 20.8. The number of benzene rings is 1. The average molecular weight is 471 g/mol. The molecule has 1 aromatic carbocycles. The Kier molecular flexibility index (Phi) is 5.65. The smallest absolute Gasteiger partial charge is 0.387 e. The zero-order valence-electron chi connectivity index (χ0n) is 17.5. The molecule has 4 aromatic rings. The lowest BCUT2D eigenvalue weighted by atomic mass is 10.0. The van der Waals surface area contributed by atoms with Gasteiger partial charge >= 0.3 is 6.18 Å². The van der Waals surface area contributed by atoms with E-state index in [9.17, 15) is 22.4 Å². The van der Waals surface area contributed by atoms with E-state index in [0.29, 0.717) is 35.0 Å². The van der Waals surface area contributed by atoms with E-state index in [2.05, 4.69) is 20.6 Å². The quantitative estimate of drug-likeness (QED) is 0.257. The summed E-state index contributed by atoms with van der Waals surface area (Å²) >= 11 is 0. The Hall–Kier alpha value is -4.48. The minimum Gasteiger partial charge on any atom is -0.387 e. The molecule has 5 N–H and O–H groups in total. The molecule has 0 radical (unpaired) electrons. The van der Waals surface area contributed by atoms with Crippen molar-refractivity contribution < 1.29 is 22.4 Å². The fraction of sp³-hybridized carbons (Fsp3) is 0.0909. The molecule has 0 aliphatic rings. The first-order valence-electron chi connectivity index (χ1n) is 9.77. The van der Waals surface area contributed by atoms with Gasteiger partial charge in [-0.3, -0.25) is 14.6 Å². The third-order valence-electron chi connectivity index (χ3n) is 5.08. The van der Waals surface area contributed by atoms with Gasteiger partial charge in [0.25, 0.3) is 5.91 Å². The van der Waals surface area contributed by atoms with Gasteiger partial charge in [0.2, 0.25) is 0 Å². The van der Waals surface area contributed by atoms with Crippen LogP contribution in [0.1, 0.15) is 27.2 Å². The number of rotatable bonds is 5. The van der Waals surface area contributed by atoms with Crippen molar-refractivity contribution in [3.05, 3.63) is 83.2 Å². The number of imidazole rings is 1. The molecule has 0 aliphatic heterocycles. The van der Waals surface area contributed by atoms with E-state index in [1.54, 1.807) is 19.2 Å². The fourth-order valence-corrected chi connectivity index (χ4v) is 3.38. The number of carbonyl (C=O) groups excluding carboxylic acids is 1. The highest BCUT2D eigenvalue weighted by Gasteiger charge is 2.31. The third-order valence-corrected chi connectivity index (χ3v) is 5.08. The van der Waals surface area contributed by atoms with Crippen molar-refractivity contribution in [2.75, 3.05) is 23.4 Å². The number of aromatic nitrogens is 3. The molecule has 0 aliphatic carbocycles. The number of nitrogens with one attached hydrogen (secondary N) is 3. The van der Waals surface area contributed by atoms with Gasteiger partial charge in [0.1, 0.15) is 23.0 Å². The first-order chi connectivity index (χ1) is 16.1. The van der Waals surface area contributed by atoms with Crippen molar-refractivity contribution in [2.45, 2.75) is 6.18 Å². The number of fused-ring (bicyclic) bond motifs is 1. The van der Waals surface area contributed by atoms with Crippen LogP contribution in [0.5, 0.6) is 0 Å². The van der Waals surface area contributed by atoms with E-state index in [-0.39, 0.29) is 22.9 Å². The fourth-order valence-electron chi connectivity index (χ4n) is 3.38. The van der Waals surface area contributed by atoms with E-state index in [4.69, 9.17) is 11.1 Å². The molecule has 1 amide bonds. The Balaban J connectivity index is 1.65. The first kappa shape index (κ1) is 22.7. The zero-order chi connectivity index (χ0) is 24.6. The maximum absolute atomic E-state index is 14.0. The molecule has 0 saturated carbocycles. The second kappa shape index (κ2) is 8.46. The van der Waals surface area contributed by atoms with Crippen molar-refractivity contribution in [1.29, 1.82) is 5.41 Å². The van der Waals surface area contributed by atoms with Crippen LogP contribution in [0.2, 0.25) is 0 Å². The Morgan fingerprint density at radius 2 is 1.88 bits per heavy atom. The topological polar surface area (TPSA) is 121 Å². The molecule has 12 heteroatoms. The van der Waals surface area contributed by atoms with Gasteiger partial charge in [-0.05, 0) is 36.4 Å². The maximum atomic E-state index is 14.0. The predicted molar refractivity (Wildman–Crippen MR) is 119 cm³/mol. The number of pyridine rings is 2. The lowest BCUT2D eigenvalue weighted by Crippen LogP contribution is -2.16. The van der Waals surface area contributed by atoms with Crippen LogP contribution in [-0.4, -0.2) is 33.0 Å². The number of amides is 1. The van der Waals surface area contributed by atoms with E-state index in [1.165, 1.54) is 29.1 Å². The van der Waals surface area contributed by atoms with Gasteiger partial charge in [-0.25, -0.2) is 14.4 Å². The monoisotopic (exact) mass is 471 g/mol. The Labute approximate surface area is 190 Å². The van der Waals surface area contributed by atoms with Gasteiger partial charge in [0.15, 0.2) is 0 Å². The molecule has 174 valence electrons. The Morgan fingerprint density at radius 3 is 2.59 bits per heavy atom. The molecular formula is C22H17F4N7O. The number of nitrogens with two attached hydrogens (primary N) is 1. The molecule has 0 fully saturated rings. The number of nitrogens with zero attached hydrogens (tertiary/aromatic N) is 3. The molecule has 0 saturated heterocycles. The van der Waals surface area contributed by atoms with Crippen LogP contribution in [0.15, 0.2) is 55.0 Å². The summed E-state index contributed by atoms with van der Waals surface area (Å²) in [6.07, 6.45) is -0.522. The van der Waals surface area contributed by atoms with Gasteiger partial charge in [0, 0.05) is 30.7 Å². The normalized spacial score (nSPS) is 11.4. The molecule has 0 spiro atoms. The van der Waals surface area contributed by atoms with E-state index < -0.39 is 29.2 Å². The first-order valence-corrected chi connectivity index (χ1v) is 9.77. The van der Waals surface area contributed by atoms with Gasteiger partial charge in [-0.15, -0.1) is 0 Å². The lowest BCUT2D eigenvalue weighted by molar-refractivity contribution is -0.137. The minimum atomic E-state index is -4.69. The molecule has 3 aromatic heterocycles. The van der Waals surface area contributed by atoms with Crippen LogP contribution >= 0.6 is 0 Å². The summed E-state index contributed by atoms with van der Waals surface area (Å²) in [7, 11) is 1.68. The maximum Gasteiger partial charge on any atom is 0.416 e. The van der Waals surface area contributed by atoms with Crippen molar-refractivity contribution >= 4 is 34.5 Å². The number of nitrogen functional groups attached to an aromatic ring is 1. The van der Waals surface area contributed by atoms with Crippen molar-refractivity contribution in [3.8, 4) is 0 Å². The van der Waals surface area contributed by atoms with Gasteiger partial charge in [-0.2, -0.15) is 13.2 Å². The second-order valence-electron chi connectivity index (χ2n) is 7.18. The molecule has 8 nitrogen and oxygen atoms in total. The number of alkyl halides is 3. The van der Waals surface area contributed by atoms with Crippen molar-refractivity contribution in [2.24, 2.45) is 0 Å². The van der Waals surface area contributed by atoms with Gasteiger partial charge < -0.3 is 16.4 Å². The Bertz CT molecular complexity index is 1430. The van der Waals surface area contributed by atoms with Gasteiger partial charge in [-0.1, -0.05) is 0 Å². The number of hydrogen-bond acceptors (Lipinski definition) is 6. The number of carbonyl (C=O) groups is 1. The van der Waals surface area contributed by atoms with Crippen LogP contribution in [-0.2, 0) is 6.18 Å². The highest BCUT2D eigenvalue weighted by Crippen LogP contribution is 2.32. The summed E-state index contributed by atoms with van der Waals surface area (Å²) in [5.74, 6) is -1.72. The average Bonchev–Trinajstić information content (AvgIpc) is 3.22. The van der Waals surface area contributed by atoms with E-state index in [1.807, 2.05) is 0 Å².